The average molecular weight is 518 g/mol. The molecule has 3 aromatic carbocycles. The number of benzene rings is 3. The van der Waals surface area contributed by atoms with Crippen LogP contribution in [0.25, 0.3) is 21.9 Å². The van der Waals surface area contributed by atoms with Gasteiger partial charge in [0.25, 0.3) is 0 Å². The molecule has 0 saturated heterocycles. The van der Waals surface area contributed by atoms with E-state index in [1.807, 2.05) is 0 Å². The molecular formula is C24H21F2N3O6S. The molecule has 0 saturated carbocycles. The number of fused-ring (bicyclic) bond motifs is 3. The fourth-order valence-electron chi connectivity index (χ4n) is 3.58. The van der Waals surface area contributed by atoms with Crippen molar-refractivity contribution in [2.45, 2.75) is 24.8 Å². The van der Waals surface area contributed by atoms with Crippen molar-refractivity contribution in [3.8, 4) is 0 Å². The van der Waals surface area contributed by atoms with Crippen LogP contribution in [0.15, 0.2) is 63.9 Å². The van der Waals surface area contributed by atoms with Gasteiger partial charge in [0.1, 0.15) is 17.2 Å². The number of carboxylic acid groups (broad SMARTS) is 1. The van der Waals surface area contributed by atoms with Gasteiger partial charge in [-0.2, -0.15) is 4.72 Å². The van der Waals surface area contributed by atoms with E-state index in [-0.39, 0.29) is 10.6 Å². The number of hydrogen-bond donors (Lipinski definition) is 4. The van der Waals surface area contributed by atoms with Crippen LogP contribution < -0.4 is 15.4 Å². The molecule has 0 unspecified atom stereocenters. The predicted octanol–water partition coefficient (Wildman–Crippen LogP) is 4.90. The Morgan fingerprint density at radius 3 is 2.17 bits per heavy atom. The second-order valence-corrected chi connectivity index (χ2v) is 10.1. The topological polar surface area (TPSA) is 138 Å². The number of aliphatic carboxylic acids is 1. The number of carbonyl (C=O) groups is 2. The number of nitrogens with one attached hydrogen (secondary N) is 3. The molecule has 4 aromatic rings. The number of halogens is 2. The summed E-state index contributed by atoms with van der Waals surface area (Å²) in [6.07, 6.45) is 0. The molecule has 2 amide bonds. The zero-order valence-electron chi connectivity index (χ0n) is 19.0. The average Bonchev–Trinajstić information content (AvgIpc) is 3.16. The number of carbonyl (C=O) groups excluding carboxylic acids is 1. The molecule has 0 aliphatic carbocycles. The SMILES string of the molecule is CC(C)[C@H](NS(=O)(=O)c1ccc2oc3cc(NC(=O)Nc4ccc(F)c(F)c4)ccc3c2c1)C(=O)O. The van der Waals surface area contributed by atoms with Gasteiger partial charge in [-0.1, -0.05) is 13.8 Å². The Balaban J connectivity index is 1.58. The normalized spacial score (nSPS) is 12.7. The highest BCUT2D eigenvalue weighted by molar-refractivity contribution is 7.89. The summed E-state index contributed by atoms with van der Waals surface area (Å²) >= 11 is 0. The Hall–Kier alpha value is -4.03. The van der Waals surface area contributed by atoms with E-state index in [2.05, 4.69) is 15.4 Å². The number of amides is 2. The van der Waals surface area contributed by atoms with E-state index in [0.29, 0.717) is 27.6 Å². The summed E-state index contributed by atoms with van der Waals surface area (Å²) in [5, 5.41) is 15.3. The molecule has 0 fully saturated rings. The van der Waals surface area contributed by atoms with Crippen LogP contribution in [0.4, 0.5) is 25.0 Å². The lowest BCUT2D eigenvalue weighted by Crippen LogP contribution is -2.44. The van der Waals surface area contributed by atoms with E-state index < -0.39 is 45.6 Å². The molecule has 4 rings (SSSR count). The van der Waals surface area contributed by atoms with E-state index >= 15 is 0 Å². The number of hydrogen-bond acceptors (Lipinski definition) is 5. The van der Waals surface area contributed by atoms with Gasteiger partial charge in [-0.05, 0) is 48.4 Å². The van der Waals surface area contributed by atoms with Crippen LogP contribution in [0.5, 0.6) is 0 Å². The van der Waals surface area contributed by atoms with Crippen molar-refractivity contribution < 1.29 is 36.3 Å². The Kier molecular flexibility index (Phi) is 6.65. The first-order valence-electron chi connectivity index (χ1n) is 10.7. The Bertz CT molecular complexity index is 1600. The molecule has 0 aliphatic rings. The van der Waals surface area contributed by atoms with Gasteiger partial charge in [0.15, 0.2) is 11.6 Å². The molecule has 36 heavy (non-hydrogen) atoms. The summed E-state index contributed by atoms with van der Waals surface area (Å²) in [5.74, 6) is -3.89. The monoisotopic (exact) mass is 517 g/mol. The number of furan rings is 1. The molecule has 4 N–H and O–H groups in total. The molecule has 9 nitrogen and oxygen atoms in total. The summed E-state index contributed by atoms with van der Waals surface area (Å²) in [5.41, 5.74) is 1.12. The van der Waals surface area contributed by atoms with Crippen molar-refractivity contribution in [3.05, 3.63) is 66.2 Å². The lowest BCUT2D eigenvalue weighted by atomic mass is 10.1. The number of anilines is 2. The van der Waals surface area contributed by atoms with Gasteiger partial charge in [0, 0.05) is 34.3 Å². The minimum atomic E-state index is -4.14. The first-order valence-corrected chi connectivity index (χ1v) is 12.2. The van der Waals surface area contributed by atoms with Gasteiger partial charge in [0.2, 0.25) is 10.0 Å². The second kappa shape index (κ2) is 9.55. The summed E-state index contributed by atoms with van der Waals surface area (Å²) in [4.78, 5) is 23.5. The third kappa shape index (κ3) is 5.14. The van der Waals surface area contributed by atoms with E-state index in [0.717, 1.165) is 12.1 Å². The van der Waals surface area contributed by atoms with E-state index in [1.165, 1.54) is 30.3 Å². The van der Waals surface area contributed by atoms with E-state index in [9.17, 15) is 31.9 Å². The van der Waals surface area contributed by atoms with Gasteiger partial charge < -0.3 is 20.2 Å². The zero-order valence-corrected chi connectivity index (χ0v) is 19.8. The quantitative estimate of drug-likeness (QED) is 0.275. The van der Waals surface area contributed by atoms with Crippen molar-refractivity contribution in [1.82, 2.24) is 4.72 Å². The zero-order chi connectivity index (χ0) is 26.2. The van der Waals surface area contributed by atoms with Crippen molar-refractivity contribution >= 4 is 55.3 Å². The summed E-state index contributed by atoms with van der Waals surface area (Å²) in [7, 11) is -4.14. The second-order valence-electron chi connectivity index (χ2n) is 8.36. The van der Waals surface area contributed by atoms with Crippen LogP contribution in [-0.4, -0.2) is 31.6 Å². The molecule has 0 spiro atoms. The molecular weight excluding hydrogens is 496 g/mol. The lowest BCUT2D eigenvalue weighted by Gasteiger charge is -2.17. The molecule has 0 radical (unpaired) electrons. The number of sulfonamides is 1. The Morgan fingerprint density at radius 2 is 1.53 bits per heavy atom. The number of urea groups is 1. The van der Waals surface area contributed by atoms with Gasteiger partial charge in [0.05, 0.1) is 4.90 Å². The highest BCUT2D eigenvalue weighted by atomic mass is 32.2. The third-order valence-corrected chi connectivity index (χ3v) is 6.84. The van der Waals surface area contributed by atoms with Crippen LogP contribution in [-0.2, 0) is 14.8 Å². The van der Waals surface area contributed by atoms with Crippen molar-refractivity contribution in [2.75, 3.05) is 10.6 Å². The smallest absolute Gasteiger partial charge is 0.323 e. The van der Waals surface area contributed by atoms with Crippen LogP contribution in [0.2, 0.25) is 0 Å². The maximum Gasteiger partial charge on any atom is 0.323 e. The number of rotatable bonds is 7. The van der Waals surface area contributed by atoms with Gasteiger partial charge in [-0.3, -0.25) is 4.79 Å². The van der Waals surface area contributed by atoms with Crippen molar-refractivity contribution in [2.24, 2.45) is 5.92 Å². The molecule has 1 heterocycles. The first-order chi connectivity index (χ1) is 16.9. The first kappa shape index (κ1) is 25.1. The van der Waals surface area contributed by atoms with Crippen LogP contribution in [0.3, 0.4) is 0 Å². The predicted molar refractivity (Wildman–Crippen MR) is 129 cm³/mol. The van der Waals surface area contributed by atoms with Crippen molar-refractivity contribution in [1.29, 1.82) is 0 Å². The Labute approximate surface area is 204 Å². The minimum Gasteiger partial charge on any atom is -0.480 e. The maximum atomic E-state index is 13.3. The largest absolute Gasteiger partial charge is 0.480 e. The standard InChI is InChI=1S/C24H21F2N3O6S/c1-12(2)22(23(30)31)29-36(33,34)15-5-8-20-17(11-15)16-6-3-14(10-21(16)35-20)28-24(32)27-13-4-7-18(25)19(26)9-13/h3-12,22,29H,1-2H3,(H,30,31)(H2,27,28,32)/t22-/m0/s1. The molecule has 1 atom stereocenters. The van der Waals surface area contributed by atoms with Gasteiger partial charge in [-0.15, -0.1) is 0 Å². The fourth-order valence-corrected chi connectivity index (χ4v) is 4.94. The summed E-state index contributed by atoms with van der Waals surface area (Å²) in [6, 6.07) is 9.79. The maximum absolute atomic E-state index is 13.3. The van der Waals surface area contributed by atoms with E-state index in [4.69, 9.17) is 4.42 Å². The lowest BCUT2D eigenvalue weighted by molar-refractivity contribution is -0.140. The van der Waals surface area contributed by atoms with Gasteiger partial charge >= 0.3 is 12.0 Å². The fraction of sp³-hybridized carbons (Fsp3) is 0.167. The summed E-state index contributed by atoms with van der Waals surface area (Å²) in [6.45, 7) is 3.19. The van der Waals surface area contributed by atoms with Crippen LogP contribution >= 0.6 is 0 Å². The van der Waals surface area contributed by atoms with Crippen LogP contribution in [0, 0.1) is 17.6 Å². The molecule has 0 bridgehead atoms. The highest BCUT2D eigenvalue weighted by Crippen LogP contribution is 2.32. The molecule has 1 aromatic heterocycles. The Morgan fingerprint density at radius 1 is 0.861 bits per heavy atom. The van der Waals surface area contributed by atoms with E-state index in [1.54, 1.807) is 26.0 Å². The third-order valence-electron chi connectivity index (χ3n) is 5.40. The van der Waals surface area contributed by atoms with Crippen LogP contribution in [0.1, 0.15) is 13.8 Å². The minimum absolute atomic E-state index is 0.0566. The highest BCUT2D eigenvalue weighted by Gasteiger charge is 2.28. The molecule has 188 valence electrons. The number of carboxylic acids is 1. The molecule has 0 aliphatic heterocycles. The van der Waals surface area contributed by atoms with Crippen molar-refractivity contribution in [3.63, 3.8) is 0 Å². The van der Waals surface area contributed by atoms with Gasteiger partial charge in [-0.25, -0.2) is 22.0 Å². The molecule has 12 heteroatoms. The summed E-state index contributed by atoms with van der Waals surface area (Å²) < 4.78 is 60.0.